The van der Waals surface area contributed by atoms with Crippen molar-refractivity contribution in [1.29, 1.82) is 0 Å². The summed E-state index contributed by atoms with van der Waals surface area (Å²) in [6, 6.07) is 20.4. The fourth-order valence-electron chi connectivity index (χ4n) is 3.46. The molecule has 2 heterocycles. The maximum absolute atomic E-state index is 13.0. The van der Waals surface area contributed by atoms with Gasteiger partial charge in [-0.1, -0.05) is 60.2 Å². The Labute approximate surface area is 180 Å². The zero-order chi connectivity index (χ0) is 21.6. The zero-order valence-electron chi connectivity index (χ0n) is 17.3. The van der Waals surface area contributed by atoms with Crippen molar-refractivity contribution in [3.63, 3.8) is 0 Å². The van der Waals surface area contributed by atoms with Crippen molar-refractivity contribution in [2.24, 2.45) is 0 Å². The second kappa shape index (κ2) is 9.26. The summed E-state index contributed by atoms with van der Waals surface area (Å²) in [6.07, 6.45) is 6.26. The summed E-state index contributed by atoms with van der Waals surface area (Å²) in [5.74, 6) is -0.463. The number of allylic oxidation sites excluding steroid dienone is 1. The summed E-state index contributed by atoms with van der Waals surface area (Å²) in [6.45, 7) is 2.62. The van der Waals surface area contributed by atoms with Crippen LogP contribution in [0.4, 0.5) is 0 Å². The molecule has 0 aliphatic rings. The number of ketones is 1. The molecule has 0 aliphatic carbocycles. The van der Waals surface area contributed by atoms with Crippen molar-refractivity contribution in [3.05, 3.63) is 113 Å². The molecule has 0 saturated carbocycles. The monoisotopic (exact) mass is 412 g/mol. The van der Waals surface area contributed by atoms with Gasteiger partial charge in [-0.2, -0.15) is 5.10 Å². The van der Waals surface area contributed by atoms with Crippen LogP contribution in [0.5, 0.6) is 0 Å². The van der Waals surface area contributed by atoms with Gasteiger partial charge in [0, 0.05) is 18.8 Å². The predicted molar refractivity (Wildman–Crippen MR) is 120 cm³/mol. The second-order valence-electron chi connectivity index (χ2n) is 7.55. The Morgan fingerprint density at radius 1 is 1.03 bits per heavy atom. The van der Waals surface area contributed by atoms with Crippen molar-refractivity contribution in [1.82, 2.24) is 19.7 Å². The molecule has 6 heteroatoms. The average Bonchev–Trinajstić information content (AvgIpc) is 3.45. The van der Waals surface area contributed by atoms with Gasteiger partial charge in [0.1, 0.15) is 6.33 Å². The van der Waals surface area contributed by atoms with Gasteiger partial charge >= 0.3 is 0 Å². The highest BCUT2D eigenvalue weighted by Crippen LogP contribution is 2.17. The maximum Gasteiger partial charge on any atom is 0.215 e. The molecule has 0 unspecified atom stereocenters. The summed E-state index contributed by atoms with van der Waals surface area (Å²) >= 11 is 0. The van der Waals surface area contributed by atoms with E-state index in [4.69, 9.17) is 0 Å². The van der Waals surface area contributed by atoms with Crippen LogP contribution in [0.3, 0.4) is 0 Å². The van der Waals surface area contributed by atoms with Crippen LogP contribution in [-0.4, -0.2) is 30.6 Å². The van der Waals surface area contributed by atoms with E-state index in [2.05, 4.69) is 51.6 Å². The third-order valence-corrected chi connectivity index (χ3v) is 5.14. The summed E-state index contributed by atoms with van der Waals surface area (Å²) in [7, 11) is 0. The number of aliphatic hydroxyl groups excluding tert-OH is 1. The molecule has 0 bridgehead atoms. The SMILES string of the molecule is Cc1ccc(Cn2cc(CCc3ccccc3)cc2C(=O)C=C(O)c2nc[nH]n2)cc1. The number of aryl methyl sites for hydroxylation is 3. The van der Waals surface area contributed by atoms with Crippen LogP contribution in [0, 0.1) is 6.92 Å². The normalized spacial score (nSPS) is 11.6. The number of aromatic amines is 1. The molecule has 0 spiro atoms. The molecule has 0 radical (unpaired) electrons. The third-order valence-electron chi connectivity index (χ3n) is 5.14. The van der Waals surface area contributed by atoms with E-state index in [9.17, 15) is 9.90 Å². The van der Waals surface area contributed by atoms with Crippen LogP contribution in [0.15, 0.2) is 79.3 Å². The number of hydrogen-bond donors (Lipinski definition) is 2. The minimum atomic E-state index is -0.291. The number of aliphatic hydroxyl groups is 1. The topological polar surface area (TPSA) is 83.8 Å². The van der Waals surface area contributed by atoms with Crippen LogP contribution < -0.4 is 0 Å². The van der Waals surface area contributed by atoms with Gasteiger partial charge in [0.25, 0.3) is 0 Å². The highest BCUT2D eigenvalue weighted by molar-refractivity contribution is 6.06. The minimum Gasteiger partial charge on any atom is -0.504 e. The molecule has 6 nitrogen and oxygen atoms in total. The molecule has 0 fully saturated rings. The number of nitrogens with one attached hydrogen (secondary N) is 1. The lowest BCUT2D eigenvalue weighted by molar-refractivity contribution is 0.103. The fourth-order valence-corrected chi connectivity index (χ4v) is 3.46. The summed E-state index contributed by atoms with van der Waals surface area (Å²) in [5, 5.41) is 16.5. The lowest BCUT2D eigenvalue weighted by atomic mass is 10.1. The summed E-state index contributed by atoms with van der Waals surface area (Å²) < 4.78 is 1.94. The Morgan fingerprint density at radius 2 is 1.77 bits per heavy atom. The molecule has 2 aromatic carbocycles. The van der Waals surface area contributed by atoms with E-state index in [1.165, 1.54) is 23.5 Å². The lowest BCUT2D eigenvalue weighted by Gasteiger charge is -2.08. The van der Waals surface area contributed by atoms with E-state index >= 15 is 0 Å². The molecule has 0 aliphatic heterocycles. The Morgan fingerprint density at radius 3 is 2.48 bits per heavy atom. The fraction of sp³-hybridized carbons (Fsp3) is 0.160. The number of nitrogens with zero attached hydrogens (tertiary/aromatic N) is 3. The Balaban J connectivity index is 1.60. The van der Waals surface area contributed by atoms with E-state index in [1.54, 1.807) is 0 Å². The van der Waals surface area contributed by atoms with Crippen molar-refractivity contribution in [2.75, 3.05) is 0 Å². The first-order valence-electron chi connectivity index (χ1n) is 10.2. The highest BCUT2D eigenvalue weighted by atomic mass is 16.3. The summed E-state index contributed by atoms with van der Waals surface area (Å²) in [4.78, 5) is 16.9. The van der Waals surface area contributed by atoms with Crippen LogP contribution in [0.25, 0.3) is 5.76 Å². The lowest BCUT2D eigenvalue weighted by Crippen LogP contribution is -2.08. The Kier molecular flexibility index (Phi) is 6.08. The van der Waals surface area contributed by atoms with Crippen molar-refractivity contribution in [3.8, 4) is 0 Å². The quantitative estimate of drug-likeness (QED) is 0.253. The van der Waals surface area contributed by atoms with E-state index in [0.29, 0.717) is 12.2 Å². The number of carbonyl (C=O) groups excluding carboxylic acids is 1. The van der Waals surface area contributed by atoms with Crippen molar-refractivity contribution >= 4 is 11.5 Å². The second-order valence-corrected chi connectivity index (χ2v) is 7.55. The smallest absolute Gasteiger partial charge is 0.215 e. The number of aromatic nitrogens is 4. The van der Waals surface area contributed by atoms with Gasteiger partial charge in [0.15, 0.2) is 5.76 Å². The Bertz CT molecular complexity index is 1170. The van der Waals surface area contributed by atoms with Gasteiger partial charge in [0.2, 0.25) is 11.6 Å². The number of rotatable bonds is 8. The van der Waals surface area contributed by atoms with Crippen LogP contribution >= 0.6 is 0 Å². The molecule has 156 valence electrons. The van der Waals surface area contributed by atoms with Gasteiger partial charge in [-0.25, -0.2) is 4.98 Å². The molecule has 0 amide bonds. The predicted octanol–water partition coefficient (Wildman–Crippen LogP) is 4.53. The van der Waals surface area contributed by atoms with Gasteiger partial charge < -0.3 is 9.67 Å². The van der Waals surface area contributed by atoms with Crippen LogP contribution in [-0.2, 0) is 19.4 Å². The zero-order valence-corrected chi connectivity index (χ0v) is 17.3. The summed E-state index contributed by atoms with van der Waals surface area (Å²) in [5.41, 5.74) is 5.14. The largest absolute Gasteiger partial charge is 0.504 e. The van der Waals surface area contributed by atoms with Gasteiger partial charge in [-0.3, -0.25) is 9.89 Å². The number of benzene rings is 2. The number of carbonyl (C=O) groups is 1. The van der Waals surface area contributed by atoms with Crippen molar-refractivity contribution in [2.45, 2.75) is 26.3 Å². The van der Waals surface area contributed by atoms with Gasteiger partial charge in [0.05, 0.1) is 5.69 Å². The number of H-pyrrole nitrogens is 1. The first-order chi connectivity index (χ1) is 15.1. The number of hydrogen-bond acceptors (Lipinski definition) is 4. The van der Waals surface area contributed by atoms with Crippen LogP contribution in [0.1, 0.15) is 38.6 Å². The first kappa shape index (κ1) is 20.3. The van der Waals surface area contributed by atoms with Crippen LogP contribution in [0.2, 0.25) is 0 Å². The molecule has 4 rings (SSSR count). The molecule has 31 heavy (non-hydrogen) atoms. The van der Waals surface area contributed by atoms with Gasteiger partial charge in [-0.05, 0) is 42.5 Å². The Hall–Kier alpha value is -3.93. The minimum absolute atomic E-state index is 0.0919. The van der Waals surface area contributed by atoms with E-state index < -0.39 is 0 Å². The molecule has 0 atom stereocenters. The van der Waals surface area contributed by atoms with E-state index in [-0.39, 0.29) is 17.4 Å². The van der Waals surface area contributed by atoms with Crippen molar-refractivity contribution < 1.29 is 9.90 Å². The third kappa shape index (κ3) is 5.17. The first-order valence-corrected chi connectivity index (χ1v) is 10.2. The van der Waals surface area contributed by atoms with E-state index in [1.807, 2.05) is 42.0 Å². The highest BCUT2D eigenvalue weighted by Gasteiger charge is 2.15. The van der Waals surface area contributed by atoms with Gasteiger partial charge in [-0.15, -0.1) is 0 Å². The molecular weight excluding hydrogens is 388 g/mol. The molecular formula is C25H24N4O2. The van der Waals surface area contributed by atoms with E-state index in [0.717, 1.165) is 24.0 Å². The molecule has 4 aromatic rings. The molecule has 0 saturated heterocycles. The molecule has 2 N–H and O–H groups in total. The standard InChI is InChI=1S/C25H24N4O2/c1-18-7-9-20(10-8-18)15-29-16-21(12-11-19-5-3-2-4-6-19)13-22(29)23(30)14-24(31)25-26-17-27-28-25/h2-10,13-14,16-17,31H,11-12,15H2,1H3,(H,26,27,28). The average molecular weight is 412 g/mol. The maximum atomic E-state index is 13.0. The molecule has 2 aromatic heterocycles.